The highest BCUT2D eigenvalue weighted by atomic mass is 16.5. The molecule has 0 saturated carbocycles. The van der Waals surface area contributed by atoms with Crippen molar-refractivity contribution >= 4 is 5.91 Å². The lowest BCUT2D eigenvalue weighted by molar-refractivity contribution is -0.142. The Morgan fingerprint density at radius 1 is 1.42 bits per heavy atom. The van der Waals surface area contributed by atoms with Crippen molar-refractivity contribution in [3.05, 3.63) is 35.4 Å². The third-order valence-corrected chi connectivity index (χ3v) is 4.30. The number of ether oxygens (including phenoxy) is 1. The Bertz CT molecular complexity index is 694. The Morgan fingerprint density at radius 2 is 2.25 bits per heavy atom. The SMILES string of the molecule is Cc1noc(COCC(=O)N2CC[C@@H](C)C[C@@H]2c2ccc(C)o2)n1. The first kappa shape index (κ1) is 16.7. The zero-order valence-corrected chi connectivity index (χ0v) is 14.3. The third kappa shape index (κ3) is 3.84. The van der Waals surface area contributed by atoms with E-state index in [0.29, 0.717) is 24.2 Å². The minimum absolute atomic E-state index is 0.00794. The quantitative estimate of drug-likeness (QED) is 0.837. The minimum atomic E-state index is -0.0443. The Morgan fingerprint density at radius 3 is 2.92 bits per heavy atom. The smallest absolute Gasteiger partial charge is 0.252 e. The van der Waals surface area contributed by atoms with Crippen molar-refractivity contribution in [2.24, 2.45) is 5.92 Å². The Labute approximate surface area is 141 Å². The minimum Gasteiger partial charge on any atom is -0.464 e. The van der Waals surface area contributed by atoms with Gasteiger partial charge in [-0.3, -0.25) is 4.79 Å². The second kappa shape index (κ2) is 7.17. The molecule has 1 fully saturated rings. The maximum atomic E-state index is 12.6. The van der Waals surface area contributed by atoms with Crippen LogP contribution in [0.3, 0.4) is 0 Å². The Balaban J connectivity index is 1.60. The van der Waals surface area contributed by atoms with Crippen LogP contribution in [-0.4, -0.2) is 34.1 Å². The molecule has 1 aliphatic rings. The van der Waals surface area contributed by atoms with Crippen molar-refractivity contribution in [3.8, 4) is 0 Å². The van der Waals surface area contributed by atoms with E-state index in [0.717, 1.165) is 24.4 Å². The monoisotopic (exact) mass is 333 g/mol. The molecule has 1 aliphatic heterocycles. The second-order valence-corrected chi connectivity index (χ2v) is 6.41. The topological polar surface area (TPSA) is 81.6 Å². The number of furan rings is 1. The lowest BCUT2D eigenvalue weighted by Gasteiger charge is -2.37. The average molecular weight is 333 g/mol. The summed E-state index contributed by atoms with van der Waals surface area (Å²) in [4.78, 5) is 18.5. The normalized spacial score (nSPS) is 21.2. The number of aryl methyl sites for hydroxylation is 2. The van der Waals surface area contributed by atoms with Gasteiger partial charge in [-0.05, 0) is 44.7 Å². The number of rotatable bonds is 5. The molecule has 7 heteroatoms. The number of carbonyl (C=O) groups excluding carboxylic acids is 1. The van der Waals surface area contributed by atoms with Crippen LogP contribution >= 0.6 is 0 Å². The maximum Gasteiger partial charge on any atom is 0.252 e. The molecule has 0 unspecified atom stereocenters. The molecule has 0 spiro atoms. The predicted molar refractivity (Wildman–Crippen MR) is 85.0 cm³/mol. The van der Waals surface area contributed by atoms with E-state index in [1.54, 1.807) is 6.92 Å². The van der Waals surface area contributed by atoms with Gasteiger partial charge in [0.25, 0.3) is 5.89 Å². The van der Waals surface area contributed by atoms with E-state index >= 15 is 0 Å². The number of amides is 1. The summed E-state index contributed by atoms with van der Waals surface area (Å²) in [6.45, 7) is 6.71. The number of nitrogens with zero attached hydrogens (tertiary/aromatic N) is 3. The first-order valence-corrected chi connectivity index (χ1v) is 8.25. The first-order chi connectivity index (χ1) is 11.5. The van der Waals surface area contributed by atoms with Crippen molar-refractivity contribution in [1.82, 2.24) is 15.0 Å². The van der Waals surface area contributed by atoms with E-state index in [1.807, 2.05) is 24.0 Å². The molecule has 3 rings (SSSR count). The van der Waals surface area contributed by atoms with E-state index in [2.05, 4.69) is 17.1 Å². The fourth-order valence-electron chi connectivity index (χ4n) is 3.05. The molecule has 2 aromatic rings. The zero-order valence-electron chi connectivity index (χ0n) is 14.3. The van der Waals surface area contributed by atoms with Gasteiger partial charge in [0.15, 0.2) is 5.82 Å². The summed E-state index contributed by atoms with van der Waals surface area (Å²) in [5.41, 5.74) is 0. The fourth-order valence-corrected chi connectivity index (χ4v) is 3.05. The van der Waals surface area contributed by atoms with E-state index in [4.69, 9.17) is 13.7 Å². The van der Waals surface area contributed by atoms with Crippen molar-refractivity contribution in [1.29, 1.82) is 0 Å². The summed E-state index contributed by atoms with van der Waals surface area (Å²) < 4.78 is 16.2. The van der Waals surface area contributed by atoms with Gasteiger partial charge in [-0.2, -0.15) is 4.98 Å². The van der Waals surface area contributed by atoms with Gasteiger partial charge >= 0.3 is 0 Å². The molecular formula is C17H23N3O4. The molecule has 1 amide bonds. The van der Waals surface area contributed by atoms with Gasteiger partial charge in [0, 0.05) is 6.54 Å². The van der Waals surface area contributed by atoms with Crippen molar-refractivity contribution in [2.45, 2.75) is 46.3 Å². The number of carbonyl (C=O) groups is 1. The Hall–Kier alpha value is -2.15. The number of likely N-dealkylation sites (tertiary alicyclic amines) is 1. The van der Waals surface area contributed by atoms with Crippen LogP contribution in [0.2, 0.25) is 0 Å². The molecule has 0 aromatic carbocycles. The number of piperidine rings is 1. The molecule has 2 aromatic heterocycles. The highest BCUT2D eigenvalue weighted by molar-refractivity contribution is 5.78. The first-order valence-electron chi connectivity index (χ1n) is 8.25. The van der Waals surface area contributed by atoms with Gasteiger partial charge in [-0.1, -0.05) is 12.1 Å². The van der Waals surface area contributed by atoms with Gasteiger partial charge in [0.2, 0.25) is 5.91 Å². The van der Waals surface area contributed by atoms with Gasteiger partial charge < -0.3 is 18.6 Å². The third-order valence-electron chi connectivity index (χ3n) is 4.30. The highest BCUT2D eigenvalue weighted by Gasteiger charge is 2.32. The number of aromatic nitrogens is 2. The lowest BCUT2D eigenvalue weighted by atomic mass is 9.91. The molecule has 3 heterocycles. The molecule has 130 valence electrons. The van der Waals surface area contributed by atoms with Crippen LogP contribution in [0.1, 0.15) is 49.0 Å². The molecule has 2 atom stereocenters. The summed E-state index contributed by atoms with van der Waals surface area (Å²) in [6, 6.07) is 3.87. The second-order valence-electron chi connectivity index (χ2n) is 6.41. The van der Waals surface area contributed by atoms with E-state index in [9.17, 15) is 4.79 Å². The van der Waals surface area contributed by atoms with Crippen molar-refractivity contribution in [3.63, 3.8) is 0 Å². The maximum absolute atomic E-state index is 12.6. The van der Waals surface area contributed by atoms with Crippen LogP contribution in [0.15, 0.2) is 21.1 Å². The van der Waals surface area contributed by atoms with E-state index in [1.165, 1.54) is 0 Å². The predicted octanol–water partition coefficient (Wildman–Crippen LogP) is 2.80. The van der Waals surface area contributed by atoms with E-state index in [-0.39, 0.29) is 25.2 Å². The zero-order chi connectivity index (χ0) is 17.1. The summed E-state index contributed by atoms with van der Waals surface area (Å²) in [5.74, 6) is 3.16. The molecule has 24 heavy (non-hydrogen) atoms. The van der Waals surface area contributed by atoms with Crippen LogP contribution in [0.25, 0.3) is 0 Å². The highest BCUT2D eigenvalue weighted by Crippen LogP contribution is 2.34. The van der Waals surface area contributed by atoms with Gasteiger partial charge in [-0.15, -0.1) is 0 Å². The largest absolute Gasteiger partial charge is 0.464 e. The summed E-state index contributed by atoms with van der Waals surface area (Å²) in [6.07, 6.45) is 1.90. The standard InChI is InChI=1S/C17H23N3O4/c1-11-6-7-20(14(8-11)15-5-4-12(2)23-15)17(21)10-22-9-16-18-13(3)19-24-16/h4-5,11,14H,6-10H2,1-3H3/t11-,14-/m1/s1. The van der Waals surface area contributed by atoms with Crippen LogP contribution in [0, 0.1) is 19.8 Å². The molecule has 1 saturated heterocycles. The van der Waals surface area contributed by atoms with Crippen molar-refractivity contribution in [2.75, 3.05) is 13.2 Å². The molecule has 0 aliphatic carbocycles. The molecular weight excluding hydrogens is 310 g/mol. The van der Waals surface area contributed by atoms with Crippen LogP contribution in [0.5, 0.6) is 0 Å². The van der Waals surface area contributed by atoms with Gasteiger partial charge in [-0.25, -0.2) is 0 Å². The Kier molecular flexibility index (Phi) is 4.99. The molecule has 7 nitrogen and oxygen atoms in total. The molecule has 0 radical (unpaired) electrons. The summed E-state index contributed by atoms with van der Waals surface area (Å²) in [5, 5.41) is 3.69. The van der Waals surface area contributed by atoms with Gasteiger partial charge in [0.1, 0.15) is 24.7 Å². The fraction of sp³-hybridized carbons (Fsp3) is 0.588. The van der Waals surface area contributed by atoms with Gasteiger partial charge in [0.05, 0.1) is 6.04 Å². The van der Waals surface area contributed by atoms with Crippen molar-refractivity contribution < 1.29 is 18.5 Å². The lowest BCUT2D eigenvalue weighted by Crippen LogP contribution is -2.42. The molecule has 0 bridgehead atoms. The summed E-state index contributed by atoms with van der Waals surface area (Å²) >= 11 is 0. The number of hydrogen-bond donors (Lipinski definition) is 0. The van der Waals surface area contributed by atoms with E-state index < -0.39 is 0 Å². The van der Waals surface area contributed by atoms with Crippen LogP contribution < -0.4 is 0 Å². The number of hydrogen-bond acceptors (Lipinski definition) is 6. The van der Waals surface area contributed by atoms with Crippen LogP contribution in [0.4, 0.5) is 0 Å². The van der Waals surface area contributed by atoms with Crippen LogP contribution in [-0.2, 0) is 16.1 Å². The molecule has 0 N–H and O–H groups in total. The average Bonchev–Trinajstić information content (AvgIpc) is 3.15. The summed E-state index contributed by atoms with van der Waals surface area (Å²) in [7, 11) is 0.